The summed E-state index contributed by atoms with van der Waals surface area (Å²) in [6.07, 6.45) is 9.35. The molecule has 1 aliphatic carbocycles. The van der Waals surface area contributed by atoms with Gasteiger partial charge in [-0.1, -0.05) is 6.92 Å². The van der Waals surface area contributed by atoms with Gasteiger partial charge in [-0.3, -0.25) is 19.9 Å². The number of imide groups is 1. The van der Waals surface area contributed by atoms with Crippen LogP contribution >= 0.6 is 9.24 Å². The molecule has 2 aromatic rings. The first-order valence-corrected chi connectivity index (χ1v) is 12.8. The molecule has 2 aliphatic heterocycles. The number of amides is 3. The van der Waals surface area contributed by atoms with Crippen LogP contribution in [0.4, 0.5) is 10.5 Å². The Morgan fingerprint density at radius 1 is 1.12 bits per heavy atom. The summed E-state index contributed by atoms with van der Waals surface area (Å²) in [6, 6.07) is 3.86. The zero-order chi connectivity index (χ0) is 23.0. The van der Waals surface area contributed by atoms with Crippen molar-refractivity contribution in [2.45, 2.75) is 50.7 Å². The van der Waals surface area contributed by atoms with Crippen LogP contribution in [0.2, 0.25) is 0 Å². The highest BCUT2D eigenvalue weighted by Crippen LogP contribution is 2.38. The van der Waals surface area contributed by atoms with Crippen LogP contribution < -0.4 is 10.2 Å². The highest BCUT2D eigenvalue weighted by molar-refractivity contribution is 7.18. The van der Waals surface area contributed by atoms with E-state index >= 15 is 0 Å². The van der Waals surface area contributed by atoms with E-state index in [1.54, 1.807) is 15.6 Å². The van der Waals surface area contributed by atoms with Gasteiger partial charge in [-0.05, 0) is 54.5 Å². The number of nitrogens with zero attached hydrogens (tertiary/aromatic N) is 5. The normalized spacial score (nSPS) is 27.8. The highest BCUT2D eigenvalue weighted by atomic mass is 31.0. The minimum atomic E-state index is -0.372. The average Bonchev–Trinajstić information content (AvgIpc) is 3.20. The fraction of sp³-hybridized carbons (Fsp3) is 0.625. The third-order valence-corrected chi connectivity index (χ3v) is 8.12. The van der Waals surface area contributed by atoms with Gasteiger partial charge in [0.2, 0.25) is 5.91 Å². The van der Waals surface area contributed by atoms with Crippen LogP contribution in [-0.4, -0.2) is 75.8 Å². The lowest BCUT2D eigenvalue weighted by atomic mass is 9.82. The van der Waals surface area contributed by atoms with Crippen LogP contribution in [0.5, 0.6) is 0 Å². The number of hydrogen-bond acceptors (Lipinski definition) is 5. The van der Waals surface area contributed by atoms with Gasteiger partial charge in [0.25, 0.3) is 0 Å². The molecule has 1 N–H and O–H groups in total. The monoisotopic (exact) mass is 470 g/mol. The Kier molecular flexibility index (Phi) is 6.43. The van der Waals surface area contributed by atoms with Gasteiger partial charge in [0.15, 0.2) is 0 Å². The maximum atomic E-state index is 12.3. The molecule has 1 atom stereocenters. The number of anilines is 1. The number of rotatable bonds is 5. The SMILES string of the molecule is CC1(P)CCC(CN2CCN(Cc3ccn4ncc(N5CCC(=O)NC5=O)c4c3)CC2)CC1. The van der Waals surface area contributed by atoms with Gasteiger partial charge in [0.05, 0.1) is 17.4 Å². The fourth-order valence-electron chi connectivity index (χ4n) is 5.38. The average molecular weight is 471 g/mol. The number of fused-ring (bicyclic) bond motifs is 1. The lowest BCUT2D eigenvalue weighted by molar-refractivity contribution is -0.120. The number of urea groups is 1. The van der Waals surface area contributed by atoms with Gasteiger partial charge in [-0.25, -0.2) is 9.31 Å². The lowest BCUT2D eigenvalue weighted by Crippen LogP contribution is -2.49. The molecular formula is C24H35N6O2P. The topological polar surface area (TPSA) is 73.2 Å². The van der Waals surface area contributed by atoms with Crippen molar-refractivity contribution >= 4 is 32.4 Å². The predicted octanol–water partition coefficient (Wildman–Crippen LogP) is 2.72. The van der Waals surface area contributed by atoms with Crippen LogP contribution in [0.3, 0.4) is 0 Å². The number of aromatic nitrogens is 2. The molecule has 178 valence electrons. The summed E-state index contributed by atoms with van der Waals surface area (Å²) in [5.41, 5.74) is 2.87. The van der Waals surface area contributed by atoms with E-state index in [1.165, 1.54) is 37.8 Å². The van der Waals surface area contributed by atoms with Gasteiger partial charge < -0.3 is 4.90 Å². The highest BCUT2D eigenvalue weighted by Gasteiger charge is 2.29. The molecule has 3 fully saturated rings. The zero-order valence-electron chi connectivity index (χ0n) is 19.5. The van der Waals surface area contributed by atoms with Crippen LogP contribution in [0.25, 0.3) is 5.52 Å². The molecule has 9 heteroatoms. The molecular weight excluding hydrogens is 435 g/mol. The fourth-order valence-corrected chi connectivity index (χ4v) is 5.72. The third kappa shape index (κ3) is 5.23. The van der Waals surface area contributed by atoms with Crippen molar-refractivity contribution in [1.29, 1.82) is 0 Å². The Morgan fingerprint density at radius 2 is 1.85 bits per heavy atom. The van der Waals surface area contributed by atoms with E-state index in [0.29, 0.717) is 18.1 Å². The predicted molar refractivity (Wildman–Crippen MR) is 132 cm³/mol. The van der Waals surface area contributed by atoms with E-state index in [1.807, 2.05) is 6.20 Å². The molecule has 0 bridgehead atoms. The van der Waals surface area contributed by atoms with Crippen molar-refractivity contribution in [3.8, 4) is 0 Å². The summed E-state index contributed by atoms with van der Waals surface area (Å²) < 4.78 is 1.80. The van der Waals surface area contributed by atoms with Gasteiger partial charge in [-0.15, -0.1) is 9.24 Å². The number of piperazine rings is 1. The van der Waals surface area contributed by atoms with E-state index in [2.05, 4.69) is 48.5 Å². The van der Waals surface area contributed by atoms with Gasteiger partial charge >= 0.3 is 6.03 Å². The van der Waals surface area contributed by atoms with E-state index in [4.69, 9.17) is 0 Å². The van der Waals surface area contributed by atoms with Gasteiger partial charge in [-0.2, -0.15) is 5.10 Å². The van der Waals surface area contributed by atoms with E-state index in [-0.39, 0.29) is 11.9 Å². The van der Waals surface area contributed by atoms with Crippen molar-refractivity contribution in [2.24, 2.45) is 5.92 Å². The molecule has 1 saturated carbocycles. The van der Waals surface area contributed by atoms with E-state index < -0.39 is 0 Å². The second-order valence-corrected chi connectivity index (χ2v) is 11.7. The maximum Gasteiger partial charge on any atom is 0.328 e. The van der Waals surface area contributed by atoms with Crippen LogP contribution in [0, 0.1) is 5.92 Å². The smallest absolute Gasteiger partial charge is 0.301 e. The zero-order valence-corrected chi connectivity index (χ0v) is 20.7. The second-order valence-electron chi connectivity index (χ2n) is 10.3. The summed E-state index contributed by atoms with van der Waals surface area (Å²) in [4.78, 5) is 30.6. The minimum absolute atomic E-state index is 0.223. The molecule has 3 amide bonds. The first-order chi connectivity index (χ1) is 15.9. The molecule has 33 heavy (non-hydrogen) atoms. The first-order valence-electron chi connectivity index (χ1n) is 12.2. The molecule has 1 unspecified atom stereocenters. The molecule has 2 aromatic heterocycles. The summed E-state index contributed by atoms with van der Waals surface area (Å²) in [7, 11) is 3.06. The second kappa shape index (κ2) is 9.32. The van der Waals surface area contributed by atoms with Crippen molar-refractivity contribution in [1.82, 2.24) is 24.7 Å². The number of pyridine rings is 1. The Bertz CT molecular complexity index is 1020. The van der Waals surface area contributed by atoms with Crippen molar-refractivity contribution in [3.05, 3.63) is 30.1 Å². The Morgan fingerprint density at radius 3 is 2.58 bits per heavy atom. The largest absolute Gasteiger partial charge is 0.328 e. The molecule has 0 spiro atoms. The molecule has 4 heterocycles. The third-order valence-electron chi connectivity index (χ3n) is 7.55. The summed E-state index contributed by atoms with van der Waals surface area (Å²) in [5.74, 6) is 0.633. The molecule has 0 aromatic carbocycles. The Labute approximate surface area is 197 Å². The maximum absolute atomic E-state index is 12.3. The van der Waals surface area contributed by atoms with Crippen molar-refractivity contribution in [2.75, 3.05) is 44.2 Å². The standard InChI is InChI=1S/C24H35N6O2P/c1-24(33)6-2-18(3-7-24)16-27-10-12-28(13-11-27)17-19-4-9-30-20(14-19)21(15-25-30)29-8-5-22(31)26-23(29)32/h4,9,14-15,18H,2-3,5-8,10-13,16-17,33H2,1H3,(H,26,31,32). The molecule has 0 radical (unpaired) electrons. The van der Waals surface area contributed by atoms with Crippen LogP contribution in [-0.2, 0) is 11.3 Å². The molecule has 5 rings (SSSR count). The van der Waals surface area contributed by atoms with Crippen molar-refractivity contribution in [3.63, 3.8) is 0 Å². The molecule has 2 saturated heterocycles. The molecule has 3 aliphatic rings. The summed E-state index contributed by atoms with van der Waals surface area (Å²) in [6.45, 7) is 9.35. The summed E-state index contributed by atoms with van der Waals surface area (Å²) >= 11 is 0. The number of hydrogen-bond donors (Lipinski definition) is 1. The van der Waals surface area contributed by atoms with Gasteiger partial charge in [0, 0.05) is 58.4 Å². The van der Waals surface area contributed by atoms with E-state index in [0.717, 1.165) is 49.8 Å². The summed E-state index contributed by atoms with van der Waals surface area (Å²) in [5, 5.41) is 7.25. The number of nitrogens with one attached hydrogen (secondary N) is 1. The molecule has 8 nitrogen and oxygen atoms in total. The Hall–Kier alpha value is -2.02. The lowest BCUT2D eigenvalue weighted by Gasteiger charge is -2.39. The van der Waals surface area contributed by atoms with Gasteiger partial charge in [0.1, 0.15) is 0 Å². The quantitative estimate of drug-likeness (QED) is 0.681. The van der Waals surface area contributed by atoms with Crippen LogP contribution in [0.15, 0.2) is 24.5 Å². The van der Waals surface area contributed by atoms with E-state index in [9.17, 15) is 9.59 Å². The van der Waals surface area contributed by atoms with Crippen LogP contribution in [0.1, 0.15) is 44.6 Å². The first kappa shape index (κ1) is 22.8. The van der Waals surface area contributed by atoms with Crippen molar-refractivity contribution < 1.29 is 9.59 Å². The number of carbonyl (C=O) groups excluding carboxylic acids is 2. The number of carbonyl (C=O) groups is 2. The Balaban J connectivity index is 1.17. The minimum Gasteiger partial charge on any atom is -0.301 e.